The molecule has 0 amide bonds. The first-order valence-electron chi connectivity index (χ1n) is 13.3. The highest BCUT2D eigenvalue weighted by atomic mass is 32.2. The third-order valence-corrected chi connectivity index (χ3v) is 10.2. The summed E-state index contributed by atoms with van der Waals surface area (Å²) in [5.41, 5.74) is 1.08. The van der Waals surface area contributed by atoms with Crippen LogP contribution < -0.4 is 4.72 Å². The highest BCUT2D eigenvalue weighted by molar-refractivity contribution is 7.84. The van der Waals surface area contributed by atoms with Gasteiger partial charge in [-0.15, -0.1) is 0 Å². The van der Waals surface area contributed by atoms with Gasteiger partial charge in [-0.3, -0.25) is 9.59 Å². The molecule has 1 fully saturated rings. The van der Waals surface area contributed by atoms with Gasteiger partial charge in [-0.1, -0.05) is 54.0 Å². The number of carbonyl (C=O) groups is 3. The number of carbonyl (C=O) groups excluding carboxylic acids is 3. The topological polar surface area (TPSA) is 108 Å². The van der Waals surface area contributed by atoms with Crippen LogP contribution in [0.4, 0.5) is 0 Å². The molecule has 0 aliphatic heterocycles. The van der Waals surface area contributed by atoms with Gasteiger partial charge < -0.3 is 14.2 Å². The number of esters is 3. The summed E-state index contributed by atoms with van der Waals surface area (Å²) in [6.45, 7) is 5.78. The van der Waals surface area contributed by atoms with Crippen molar-refractivity contribution < 1.29 is 32.8 Å². The minimum Gasteiger partial charge on any atom is -0.468 e. The summed E-state index contributed by atoms with van der Waals surface area (Å²) in [7, 11) is 2.52. The van der Waals surface area contributed by atoms with E-state index >= 15 is 0 Å². The lowest BCUT2D eigenvalue weighted by Crippen LogP contribution is -2.50. The molecule has 0 aromatic heterocycles. The van der Waals surface area contributed by atoms with Crippen molar-refractivity contribution in [1.82, 2.24) is 4.72 Å². The largest absolute Gasteiger partial charge is 0.468 e. The maximum atomic E-state index is 13.5. The molecule has 4 atom stereocenters. The van der Waals surface area contributed by atoms with Crippen molar-refractivity contribution in [3.63, 3.8) is 0 Å². The Morgan fingerprint density at radius 2 is 1.62 bits per heavy atom. The van der Waals surface area contributed by atoms with Gasteiger partial charge in [0.15, 0.2) is 5.41 Å². The van der Waals surface area contributed by atoms with E-state index in [2.05, 4.69) is 4.72 Å². The summed E-state index contributed by atoms with van der Waals surface area (Å²) in [4.78, 5) is 39.6. The van der Waals surface area contributed by atoms with Crippen LogP contribution >= 0.6 is 0 Å². The van der Waals surface area contributed by atoms with Crippen LogP contribution in [0.5, 0.6) is 0 Å². The zero-order chi connectivity index (χ0) is 28.6. The van der Waals surface area contributed by atoms with E-state index in [4.69, 9.17) is 14.2 Å². The lowest BCUT2D eigenvalue weighted by atomic mass is 9.62. The summed E-state index contributed by atoms with van der Waals surface area (Å²) >= 11 is 0. The molecule has 1 aromatic rings. The van der Waals surface area contributed by atoms with E-state index in [-0.39, 0.29) is 31.2 Å². The highest BCUT2D eigenvalue weighted by Crippen LogP contribution is 2.63. The van der Waals surface area contributed by atoms with E-state index in [1.807, 2.05) is 57.2 Å². The van der Waals surface area contributed by atoms with Gasteiger partial charge in [0.25, 0.3) is 0 Å². The Hall–Kier alpha value is -2.78. The molecule has 212 valence electrons. The third kappa shape index (κ3) is 4.99. The fourth-order valence-electron chi connectivity index (χ4n) is 6.77. The first-order chi connectivity index (χ1) is 18.4. The van der Waals surface area contributed by atoms with E-state index in [0.29, 0.717) is 5.57 Å². The van der Waals surface area contributed by atoms with Gasteiger partial charge in [-0.25, -0.2) is 13.7 Å². The van der Waals surface area contributed by atoms with Crippen molar-refractivity contribution in [3.8, 4) is 0 Å². The van der Waals surface area contributed by atoms with Gasteiger partial charge in [0, 0.05) is 29.4 Å². The summed E-state index contributed by atoms with van der Waals surface area (Å²) in [6.07, 6.45) is 4.79. The fraction of sp³-hybridized carbons (Fsp3) is 0.567. The Labute approximate surface area is 233 Å². The Kier molecular flexibility index (Phi) is 8.24. The van der Waals surface area contributed by atoms with E-state index in [1.54, 1.807) is 0 Å². The van der Waals surface area contributed by atoms with Crippen LogP contribution in [0.15, 0.2) is 53.1 Å². The molecule has 1 N–H and O–H groups in total. The smallest absolute Gasteiger partial charge is 0.333 e. The summed E-state index contributed by atoms with van der Waals surface area (Å²) in [5, 5.41) is 0. The minimum atomic E-state index is -1.54. The number of methoxy groups -OCH3 is 3. The summed E-state index contributed by atoms with van der Waals surface area (Å²) < 4.78 is 31.9. The second-order valence-corrected chi connectivity index (χ2v) is 13.7. The predicted octanol–water partition coefficient (Wildman–Crippen LogP) is 4.29. The molecule has 8 nitrogen and oxygen atoms in total. The van der Waals surface area contributed by atoms with Crippen molar-refractivity contribution >= 4 is 28.9 Å². The third-order valence-electron chi connectivity index (χ3n) is 8.58. The van der Waals surface area contributed by atoms with Crippen LogP contribution in [0.2, 0.25) is 0 Å². The van der Waals surface area contributed by atoms with Crippen molar-refractivity contribution in [2.45, 2.75) is 76.0 Å². The molecule has 4 rings (SSSR count). The number of hydrogen-bond acceptors (Lipinski definition) is 7. The fourth-order valence-corrected chi connectivity index (χ4v) is 7.71. The first kappa shape index (κ1) is 29.2. The van der Waals surface area contributed by atoms with Gasteiger partial charge in [0.2, 0.25) is 0 Å². The minimum absolute atomic E-state index is 0.0916. The molecule has 1 spiro atoms. The van der Waals surface area contributed by atoms with Crippen molar-refractivity contribution in [2.24, 2.45) is 10.8 Å². The molecular weight excluding hydrogens is 518 g/mol. The quantitative estimate of drug-likeness (QED) is 0.241. The average molecular weight is 558 g/mol. The summed E-state index contributed by atoms with van der Waals surface area (Å²) in [6, 6.07) is 9.69. The molecule has 39 heavy (non-hydrogen) atoms. The number of benzene rings is 1. The molecule has 1 unspecified atom stereocenters. The number of hydrogen-bond donors (Lipinski definition) is 1. The van der Waals surface area contributed by atoms with Crippen LogP contribution in [-0.2, 0) is 39.6 Å². The highest BCUT2D eigenvalue weighted by Gasteiger charge is 2.61. The molecule has 0 saturated heterocycles. The normalized spacial score (nSPS) is 26.9. The van der Waals surface area contributed by atoms with Gasteiger partial charge in [-0.05, 0) is 52.0 Å². The monoisotopic (exact) mass is 557 g/mol. The zero-order valence-corrected chi connectivity index (χ0v) is 24.4. The molecule has 9 heteroatoms. The van der Waals surface area contributed by atoms with Crippen molar-refractivity contribution in [2.75, 3.05) is 21.3 Å². The summed E-state index contributed by atoms with van der Waals surface area (Å²) in [5.74, 6) is -2.05. The molecule has 1 saturated carbocycles. The van der Waals surface area contributed by atoms with Crippen LogP contribution in [0.1, 0.15) is 70.8 Å². The van der Waals surface area contributed by atoms with Gasteiger partial charge in [0.1, 0.15) is 0 Å². The number of ether oxygens (including phenoxy) is 3. The standard InChI is InChI=1S/C30H39NO7S/c1-28(2,3)39(35)31-24-13-10-14-30(24)22(19-11-8-7-9-12-19)16-20(25(32)36-4)15-21-17-29(18-23(21)30,26(33)37-5)27(34)38-6/h7-9,11-12,16,22,24,31H,10,13-15,17-18H2,1-6H3/t22-,24-,30-,39?/m0/s1. The van der Waals surface area contributed by atoms with Crippen LogP contribution in [0.3, 0.4) is 0 Å². The Morgan fingerprint density at radius 3 is 2.18 bits per heavy atom. The molecule has 0 heterocycles. The maximum absolute atomic E-state index is 13.5. The van der Waals surface area contributed by atoms with Crippen molar-refractivity contribution in [3.05, 3.63) is 58.7 Å². The number of fused-ring (bicyclic) bond motifs is 1. The molecule has 0 radical (unpaired) electrons. The number of nitrogens with one attached hydrogen (secondary N) is 1. The Morgan fingerprint density at radius 1 is 0.974 bits per heavy atom. The Balaban J connectivity index is 1.98. The second-order valence-electron chi connectivity index (χ2n) is 11.7. The lowest BCUT2D eigenvalue weighted by molar-refractivity contribution is -0.168. The predicted molar refractivity (Wildman–Crippen MR) is 148 cm³/mol. The second kappa shape index (κ2) is 11.0. The van der Waals surface area contributed by atoms with Crippen LogP contribution in [0, 0.1) is 10.8 Å². The van der Waals surface area contributed by atoms with E-state index < -0.39 is 44.5 Å². The molecular formula is C30H39NO7S. The van der Waals surface area contributed by atoms with Gasteiger partial charge >= 0.3 is 17.9 Å². The molecule has 1 aromatic carbocycles. The first-order valence-corrected chi connectivity index (χ1v) is 14.5. The number of allylic oxidation sites excluding steroid dienone is 2. The molecule has 3 aliphatic rings. The Bertz CT molecular complexity index is 1210. The van der Waals surface area contributed by atoms with E-state index in [1.165, 1.54) is 21.3 Å². The SMILES string of the molecule is COC(=O)C1=C[C@@H](c2ccccc2)[C@@]2(CCC[C@@H]2NS(=O)C(C)(C)C)C2=C(C1)CC(C(=O)OC)(C(=O)OC)C2. The number of rotatable bonds is 6. The zero-order valence-electron chi connectivity index (χ0n) is 23.6. The maximum Gasteiger partial charge on any atom is 0.333 e. The van der Waals surface area contributed by atoms with E-state index in [0.717, 1.165) is 36.0 Å². The molecule has 3 aliphatic carbocycles. The van der Waals surface area contributed by atoms with Crippen molar-refractivity contribution in [1.29, 1.82) is 0 Å². The van der Waals surface area contributed by atoms with Gasteiger partial charge in [0.05, 0.1) is 37.1 Å². The van der Waals surface area contributed by atoms with Gasteiger partial charge in [-0.2, -0.15) is 0 Å². The van der Waals surface area contributed by atoms with Crippen LogP contribution in [0.25, 0.3) is 0 Å². The van der Waals surface area contributed by atoms with E-state index in [9.17, 15) is 18.6 Å². The lowest BCUT2D eigenvalue weighted by Gasteiger charge is -2.44. The average Bonchev–Trinajstić information content (AvgIpc) is 3.48. The molecule has 0 bridgehead atoms. The van der Waals surface area contributed by atoms with Crippen LogP contribution in [-0.4, -0.2) is 54.2 Å².